The van der Waals surface area contributed by atoms with Crippen molar-refractivity contribution < 1.29 is 33.4 Å². The number of aliphatic carboxylic acids is 1. The predicted octanol–water partition coefficient (Wildman–Crippen LogP) is 2.36. The molecule has 0 bridgehead atoms. The van der Waals surface area contributed by atoms with Crippen LogP contribution in [0.25, 0.3) is 0 Å². The van der Waals surface area contributed by atoms with Gasteiger partial charge in [0, 0.05) is 11.4 Å². The minimum Gasteiger partial charge on any atom is -0.480 e. The van der Waals surface area contributed by atoms with Gasteiger partial charge < -0.3 is 26.6 Å². The van der Waals surface area contributed by atoms with Gasteiger partial charge in [-0.1, -0.05) is 19.9 Å². The number of esters is 1. The molecule has 0 saturated carbocycles. The lowest BCUT2D eigenvalue weighted by Crippen LogP contribution is -2.50. The predicted molar refractivity (Wildman–Crippen MR) is 124 cm³/mol. The molecule has 1 unspecified atom stereocenters. The second-order valence-corrected chi connectivity index (χ2v) is 8.99. The monoisotopic (exact) mass is 493 g/mol. The van der Waals surface area contributed by atoms with Crippen LogP contribution in [0.3, 0.4) is 0 Å². The van der Waals surface area contributed by atoms with E-state index in [1.807, 2.05) is 0 Å². The van der Waals surface area contributed by atoms with E-state index in [4.69, 9.17) is 16.2 Å². The third-order valence-electron chi connectivity index (χ3n) is 5.65. The van der Waals surface area contributed by atoms with Gasteiger partial charge in [0.2, 0.25) is 11.8 Å². The van der Waals surface area contributed by atoms with Crippen LogP contribution < -0.4 is 21.5 Å². The Bertz CT molecular complexity index is 1070. The molecule has 184 valence electrons. The molecule has 1 aromatic carbocycles. The first-order valence-corrected chi connectivity index (χ1v) is 11.5. The van der Waals surface area contributed by atoms with Crippen LogP contribution in [0.15, 0.2) is 30.3 Å². The third kappa shape index (κ3) is 6.61. The summed E-state index contributed by atoms with van der Waals surface area (Å²) in [6, 6.07) is 5.84. The van der Waals surface area contributed by atoms with Crippen molar-refractivity contribution in [3.63, 3.8) is 0 Å². The van der Waals surface area contributed by atoms with E-state index >= 15 is 0 Å². The average molecular weight is 494 g/mol. The molecule has 1 heterocycles. The van der Waals surface area contributed by atoms with Crippen molar-refractivity contribution in [3.8, 4) is 5.75 Å². The van der Waals surface area contributed by atoms with E-state index in [-0.39, 0.29) is 23.6 Å². The number of nitrogens with one attached hydrogen (secondary N) is 1. The molecule has 11 heteroatoms. The van der Waals surface area contributed by atoms with Crippen LogP contribution in [0.2, 0.25) is 0 Å². The zero-order valence-electron chi connectivity index (χ0n) is 18.9. The summed E-state index contributed by atoms with van der Waals surface area (Å²) in [6.45, 7) is 3.74. The first-order valence-electron chi connectivity index (χ1n) is 10.7. The lowest BCUT2D eigenvalue weighted by atomic mass is 9.77. The van der Waals surface area contributed by atoms with E-state index in [1.54, 1.807) is 26.0 Å². The molecule has 0 saturated heterocycles. The molecule has 1 aromatic heterocycles. The van der Waals surface area contributed by atoms with Gasteiger partial charge in [0.15, 0.2) is 11.6 Å². The second kappa shape index (κ2) is 11.7. The summed E-state index contributed by atoms with van der Waals surface area (Å²) in [5.74, 6) is -4.40. The summed E-state index contributed by atoms with van der Waals surface area (Å²) in [7, 11) is 0. The first-order chi connectivity index (χ1) is 16.0. The number of carboxylic acids is 1. The van der Waals surface area contributed by atoms with Crippen LogP contribution in [0.5, 0.6) is 5.75 Å². The number of halogens is 1. The number of carbonyl (C=O) groups excluding carboxylic acids is 3. The number of thiophene rings is 1. The number of ether oxygens (including phenoxy) is 1. The van der Waals surface area contributed by atoms with Gasteiger partial charge in [0.1, 0.15) is 10.9 Å². The highest BCUT2D eigenvalue weighted by molar-refractivity contribution is 7.14. The molecule has 0 aliphatic heterocycles. The fourth-order valence-electron chi connectivity index (χ4n) is 3.43. The Balaban J connectivity index is 2.17. The molecule has 0 aliphatic carbocycles. The highest BCUT2D eigenvalue weighted by atomic mass is 32.1. The molecule has 2 amide bonds. The number of amides is 2. The zero-order chi connectivity index (χ0) is 25.5. The largest absolute Gasteiger partial charge is 0.480 e. The van der Waals surface area contributed by atoms with Gasteiger partial charge in [0.25, 0.3) is 0 Å². The minimum atomic E-state index is -1.43. The van der Waals surface area contributed by atoms with E-state index in [2.05, 4.69) is 5.32 Å². The lowest BCUT2D eigenvalue weighted by Gasteiger charge is -2.31. The quantitative estimate of drug-likeness (QED) is 0.261. The van der Waals surface area contributed by atoms with Crippen LogP contribution in [-0.4, -0.2) is 34.9 Å². The Morgan fingerprint density at radius 3 is 2.38 bits per heavy atom. The number of hydrogen-bond acceptors (Lipinski definition) is 7. The Hall–Kier alpha value is -3.31. The number of carbonyl (C=O) groups is 4. The maximum atomic E-state index is 14.1. The van der Waals surface area contributed by atoms with Crippen LogP contribution in [-0.2, 0) is 27.3 Å². The standard InChI is InChI=1S/C23H28FN3O6S/c1-3-23(4-2,22(32)27-16(20(29)30)10-19(26)28)11-14-6-8-18(34-14)21(31)33-17-7-5-13(12-25)9-15(17)24/h5-9,16H,3-4,10-12,25H2,1-2H3,(H2,26,28)(H,27,32)(H,29,30). The number of carboxylic acid groups (broad SMARTS) is 1. The van der Waals surface area contributed by atoms with Crippen molar-refractivity contribution in [1.29, 1.82) is 0 Å². The van der Waals surface area contributed by atoms with Crippen molar-refractivity contribution in [2.45, 2.75) is 52.1 Å². The van der Waals surface area contributed by atoms with Crippen LogP contribution in [0.1, 0.15) is 53.2 Å². The zero-order valence-corrected chi connectivity index (χ0v) is 19.7. The molecule has 0 spiro atoms. The summed E-state index contributed by atoms with van der Waals surface area (Å²) in [5, 5.41) is 11.7. The summed E-state index contributed by atoms with van der Waals surface area (Å²) in [5.41, 5.74) is 10.1. The fourth-order valence-corrected chi connectivity index (χ4v) is 4.46. The van der Waals surface area contributed by atoms with E-state index in [0.717, 1.165) is 11.3 Å². The van der Waals surface area contributed by atoms with Crippen LogP contribution in [0.4, 0.5) is 4.39 Å². The van der Waals surface area contributed by atoms with E-state index in [1.165, 1.54) is 18.2 Å². The maximum Gasteiger partial charge on any atom is 0.353 e. The molecular weight excluding hydrogens is 465 g/mol. The Morgan fingerprint density at radius 2 is 1.85 bits per heavy atom. The molecule has 2 aromatic rings. The SMILES string of the molecule is CCC(CC)(Cc1ccc(C(=O)Oc2ccc(CN)cc2F)s1)C(=O)NC(CC(N)=O)C(=O)O. The van der Waals surface area contributed by atoms with Gasteiger partial charge in [-0.15, -0.1) is 11.3 Å². The smallest absolute Gasteiger partial charge is 0.353 e. The lowest BCUT2D eigenvalue weighted by molar-refractivity contribution is -0.145. The molecule has 9 nitrogen and oxygen atoms in total. The highest BCUT2D eigenvalue weighted by Crippen LogP contribution is 2.34. The number of benzene rings is 1. The topological polar surface area (TPSA) is 162 Å². The van der Waals surface area contributed by atoms with E-state index in [9.17, 15) is 28.7 Å². The molecule has 2 rings (SSSR count). The molecule has 0 radical (unpaired) electrons. The molecule has 34 heavy (non-hydrogen) atoms. The Kier molecular flexibility index (Phi) is 9.28. The first kappa shape index (κ1) is 26.9. The number of hydrogen-bond donors (Lipinski definition) is 4. The van der Waals surface area contributed by atoms with Crippen LogP contribution in [0, 0.1) is 11.2 Å². The summed E-state index contributed by atoms with van der Waals surface area (Å²) in [4.78, 5) is 49.0. The normalized spacial score (nSPS) is 12.1. The van der Waals surface area contributed by atoms with Gasteiger partial charge in [-0.05, 0) is 49.1 Å². The van der Waals surface area contributed by atoms with Gasteiger partial charge in [-0.25, -0.2) is 14.0 Å². The summed E-state index contributed by atoms with van der Waals surface area (Å²) < 4.78 is 19.3. The van der Waals surface area contributed by atoms with E-state index < -0.39 is 47.4 Å². The number of nitrogens with two attached hydrogens (primary N) is 2. The van der Waals surface area contributed by atoms with Crippen molar-refractivity contribution in [2.24, 2.45) is 16.9 Å². The fraction of sp³-hybridized carbons (Fsp3) is 0.391. The van der Waals surface area contributed by atoms with Crippen molar-refractivity contribution in [2.75, 3.05) is 0 Å². The Morgan fingerprint density at radius 1 is 1.18 bits per heavy atom. The van der Waals surface area contributed by atoms with Gasteiger partial charge >= 0.3 is 11.9 Å². The molecule has 1 atom stereocenters. The van der Waals surface area contributed by atoms with E-state index in [0.29, 0.717) is 23.3 Å². The third-order valence-corrected chi connectivity index (χ3v) is 6.72. The van der Waals surface area contributed by atoms with Crippen molar-refractivity contribution in [1.82, 2.24) is 5.32 Å². The molecular formula is C23H28FN3O6S. The molecule has 0 fully saturated rings. The van der Waals surface area contributed by atoms with Gasteiger partial charge in [-0.3, -0.25) is 9.59 Å². The number of rotatable bonds is 12. The number of primary amides is 1. The van der Waals surface area contributed by atoms with Gasteiger partial charge in [0.05, 0.1) is 11.8 Å². The Labute approximate surface area is 200 Å². The molecule has 0 aliphatic rings. The summed E-state index contributed by atoms with van der Waals surface area (Å²) >= 11 is 1.10. The van der Waals surface area contributed by atoms with Gasteiger partial charge in [-0.2, -0.15) is 0 Å². The second-order valence-electron chi connectivity index (χ2n) is 7.82. The molecule has 6 N–H and O–H groups in total. The van der Waals surface area contributed by atoms with Crippen molar-refractivity contribution in [3.05, 3.63) is 51.5 Å². The minimum absolute atomic E-state index is 0.152. The average Bonchev–Trinajstić information content (AvgIpc) is 3.26. The van der Waals surface area contributed by atoms with Crippen LogP contribution >= 0.6 is 11.3 Å². The summed E-state index contributed by atoms with van der Waals surface area (Å²) in [6.07, 6.45) is 0.470. The maximum absolute atomic E-state index is 14.1. The highest BCUT2D eigenvalue weighted by Gasteiger charge is 2.38. The van der Waals surface area contributed by atoms with Crippen molar-refractivity contribution >= 4 is 35.1 Å².